The number of aryl methyl sites for hydroxylation is 1. The van der Waals surface area contributed by atoms with Crippen LogP contribution in [0.3, 0.4) is 0 Å². The van der Waals surface area contributed by atoms with Gasteiger partial charge in [-0.15, -0.1) is 0 Å². The van der Waals surface area contributed by atoms with Gasteiger partial charge in [0.25, 0.3) is 5.88 Å². The van der Waals surface area contributed by atoms with Crippen molar-refractivity contribution in [1.82, 2.24) is 20.5 Å². The Kier molecular flexibility index (Phi) is 8.73. The molecule has 1 aliphatic rings. The van der Waals surface area contributed by atoms with Crippen molar-refractivity contribution in [2.24, 2.45) is 0 Å². The maximum Gasteiger partial charge on any atom is 0.278 e. The molecule has 0 bridgehead atoms. The van der Waals surface area contributed by atoms with Crippen LogP contribution in [0, 0.1) is 6.92 Å². The smallest absolute Gasteiger partial charge is 0.278 e. The van der Waals surface area contributed by atoms with E-state index in [-0.39, 0.29) is 0 Å². The van der Waals surface area contributed by atoms with Crippen molar-refractivity contribution in [3.8, 4) is 11.6 Å². The quantitative estimate of drug-likeness (QED) is 0.551. The highest BCUT2D eigenvalue weighted by Gasteiger charge is 2.14. The largest absolute Gasteiger partial charge is 0.491 e. The first-order chi connectivity index (χ1) is 14.2. The molecule has 2 aromatic rings. The number of likely N-dealkylation sites (tertiary alicyclic amines) is 1. The van der Waals surface area contributed by atoms with Crippen LogP contribution in [-0.2, 0) is 6.54 Å². The minimum absolute atomic E-state index is 0.312. The third kappa shape index (κ3) is 7.64. The fourth-order valence-corrected chi connectivity index (χ4v) is 3.41. The molecule has 1 unspecified atom stereocenters. The molecule has 8 heteroatoms. The Morgan fingerprint density at radius 1 is 1.17 bits per heavy atom. The number of aliphatic hydroxyl groups is 1. The topological polar surface area (TPSA) is 92.9 Å². The first-order valence-corrected chi connectivity index (χ1v) is 10.5. The van der Waals surface area contributed by atoms with Gasteiger partial charge in [0.2, 0.25) is 0 Å². The molecule has 2 N–H and O–H groups in total. The molecule has 0 radical (unpaired) electrons. The van der Waals surface area contributed by atoms with Crippen LogP contribution in [-0.4, -0.2) is 65.8 Å². The summed E-state index contributed by atoms with van der Waals surface area (Å²) in [6.45, 7) is 6.79. The minimum Gasteiger partial charge on any atom is -0.491 e. The summed E-state index contributed by atoms with van der Waals surface area (Å²) in [5.41, 5.74) is 1.76. The molecule has 8 nitrogen and oxygen atoms in total. The lowest BCUT2D eigenvalue weighted by Gasteiger charge is -2.23. The second-order valence-corrected chi connectivity index (χ2v) is 7.51. The third-order valence-corrected chi connectivity index (χ3v) is 4.97. The Labute approximate surface area is 172 Å². The van der Waals surface area contributed by atoms with Crippen LogP contribution >= 0.6 is 0 Å². The molecule has 1 aromatic heterocycles. The molecular formula is C21H32N4O4. The number of nitrogens with zero attached hydrogens (tertiary/aromatic N) is 3. The number of aromatic nitrogens is 2. The summed E-state index contributed by atoms with van der Waals surface area (Å²) >= 11 is 0. The zero-order valence-corrected chi connectivity index (χ0v) is 17.2. The van der Waals surface area contributed by atoms with Gasteiger partial charge in [-0.05, 0) is 55.7 Å². The zero-order chi connectivity index (χ0) is 20.3. The lowest BCUT2D eigenvalue weighted by molar-refractivity contribution is 0.0693. The fraction of sp³-hybridized carbons (Fsp3) is 0.619. The lowest BCUT2D eigenvalue weighted by atomic mass is 10.2. The molecule has 1 saturated heterocycles. The number of aliphatic hydroxyl groups excluding tert-OH is 1. The molecule has 1 atom stereocenters. The standard InChI is InChI=1S/C21H32N4O4/c1-17-21(24-29-23-17)27-12-9-22-14-18-7-6-8-20(13-18)28-16-19(26)15-25-10-4-2-3-5-11-25/h6-8,13,19,22,26H,2-5,9-12,14-16H2,1H3. The second kappa shape index (κ2) is 11.7. The SMILES string of the molecule is Cc1nonc1OCCNCc1cccc(OCC(O)CN2CCCCCC2)c1. The molecule has 2 heterocycles. The third-order valence-electron chi connectivity index (χ3n) is 4.97. The molecule has 160 valence electrons. The molecule has 3 rings (SSSR count). The van der Waals surface area contributed by atoms with Gasteiger partial charge in [-0.1, -0.05) is 30.1 Å². The van der Waals surface area contributed by atoms with E-state index in [0.717, 1.165) is 24.4 Å². The van der Waals surface area contributed by atoms with Gasteiger partial charge in [0, 0.05) is 19.6 Å². The van der Waals surface area contributed by atoms with Crippen LogP contribution in [0.4, 0.5) is 0 Å². The first-order valence-electron chi connectivity index (χ1n) is 10.5. The van der Waals surface area contributed by atoms with Gasteiger partial charge < -0.3 is 24.8 Å². The average molecular weight is 405 g/mol. The van der Waals surface area contributed by atoms with Crippen molar-refractivity contribution in [3.05, 3.63) is 35.5 Å². The van der Waals surface area contributed by atoms with E-state index in [1.807, 2.05) is 24.3 Å². The highest BCUT2D eigenvalue weighted by molar-refractivity contribution is 5.28. The van der Waals surface area contributed by atoms with E-state index in [2.05, 4.69) is 25.2 Å². The lowest BCUT2D eigenvalue weighted by Crippen LogP contribution is -2.36. The molecule has 0 amide bonds. The average Bonchev–Trinajstić information content (AvgIpc) is 2.96. The van der Waals surface area contributed by atoms with Crippen LogP contribution in [0.1, 0.15) is 36.9 Å². The Morgan fingerprint density at radius 2 is 2.00 bits per heavy atom. The number of benzene rings is 1. The van der Waals surface area contributed by atoms with Crippen LogP contribution < -0.4 is 14.8 Å². The van der Waals surface area contributed by atoms with E-state index >= 15 is 0 Å². The predicted octanol–water partition coefficient (Wildman–Crippen LogP) is 2.16. The van der Waals surface area contributed by atoms with Gasteiger partial charge in [0.05, 0.1) is 0 Å². The molecule has 29 heavy (non-hydrogen) atoms. The molecule has 1 aromatic carbocycles. The minimum atomic E-state index is -0.471. The second-order valence-electron chi connectivity index (χ2n) is 7.51. The van der Waals surface area contributed by atoms with Crippen molar-refractivity contribution < 1.29 is 19.2 Å². The van der Waals surface area contributed by atoms with Crippen molar-refractivity contribution in [1.29, 1.82) is 0 Å². The Balaban J connectivity index is 1.33. The molecule has 0 aliphatic carbocycles. The highest BCUT2D eigenvalue weighted by Crippen LogP contribution is 2.15. The number of hydrogen-bond acceptors (Lipinski definition) is 8. The Hall–Kier alpha value is -2.16. The van der Waals surface area contributed by atoms with Crippen LogP contribution in [0.15, 0.2) is 28.9 Å². The number of nitrogens with one attached hydrogen (secondary N) is 1. The fourth-order valence-electron chi connectivity index (χ4n) is 3.41. The normalized spacial score (nSPS) is 16.3. The van der Waals surface area contributed by atoms with Gasteiger partial charge in [0.15, 0.2) is 0 Å². The first kappa shape index (κ1) is 21.5. The van der Waals surface area contributed by atoms with E-state index < -0.39 is 6.10 Å². The maximum absolute atomic E-state index is 10.3. The summed E-state index contributed by atoms with van der Waals surface area (Å²) in [4.78, 5) is 2.35. The monoisotopic (exact) mass is 404 g/mol. The highest BCUT2D eigenvalue weighted by atomic mass is 16.6. The van der Waals surface area contributed by atoms with Crippen molar-refractivity contribution in [3.63, 3.8) is 0 Å². The summed E-state index contributed by atoms with van der Waals surface area (Å²) in [5, 5.41) is 21.0. The molecule has 1 aliphatic heterocycles. The van der Waals surface area contributed by atoms with Gasteiger partial charge >= 0.3 is 0 Å². The van der Waals surface area contributed by atoms with E-state index in [4.69, 9.17) is 9.47 Å². The van der Waals surface area contributed by atoms with Gasteiger partial charge in [-0.3, -0.25) is 0 Å². The van der Waals surface area contributed by atoms with Crippen molar-refractivity contribution >= 4 is 0 Å². The molecule has 0 saturated carbocycles. The van der Waals surface area contributed by atoms with Crippen molar-refractivity contribution in [2.45, 2.75) is 45.3 Å². The van der Waals surface area contributed by atoms with E-state index in [1.54, 1.807) is 6.92 Å². The number of rotatable bonds is 11. The molecule has 1 fully saturated rings. The summed E-state index contributed by atoms with van der Waals surface area (Å²) in [7, 11) is 0. The van der Waals surface area contributed by atoms with E-state index in [0.29, 0.717) is 44.4 Å². The number of β-amino-alcohol motifs (C(OH)–C–C–N with tert-alkyl or cyclic N) is 1. The summed E-state index contributed by atoms with van der Waals surface area (Å²) in [6, 6.07) is 7.93. The number of ether oxygens (including phenoxy) is 2. The van der Waals surface area contributed by atoms with Crippen LogP contribution in [0.5, 0.6) is 11.6 Å². The summed E-state index contributed by atoms with van der Waals surface area (Å²) in [6.07, 6.45) is 4.58. The van der Waals surface area contributed by atoms with E-state index in [9.17, 15) is 5.11 Å². The predicted molar refractivity (Wildman–Crippen MR) is 109 cm³/mol. The molecular weight excluding hydrogens is 372 g/mol. The van der Waals surface area contributed by atoms with Gasteiger partial charge in [-0.25, -0.2) is 4.63 Å². The van der Waals surface area contributed by atoms with Gasteiger partial charge in [0.1, 0.15) is 30.8 Å². The maximum atomic E-state index is 10.3. The van der Waals surface area contributed by atoms with Crippen LogP contribution in [0.25, 0.3) is 0 Å². The number of hydrogen-bond donors (Lipinski definition) is 2. The van der Waals surface area contributed by atoms with Crippen molar-refractivity contribution in [2.75, 3.05) is 39.4 Å². The Bertz CT molecular complexity index is 716. The molecule has 0 spiro atoms. The van der Waals surface area contributed by atoms with E-state index in [1.165, 1.54) is 25.7 Å². The summed E-state index contributed by atoms with van der Waals surface area (Å²) < 4.78 is 15.9. The zero-order valence-electron chi connectivity index (χ0n) is 17.2. The van der Waals surface area contributed by atoms with Crippen LogP contribution in [0.2, 0.25) is 0 Å². The van der Waals surface area contributed by atoms with Gasteiger partial charge in [-0.2, -0.15) is 0 Å². The Morgan fingerprint density at radius 3 is 2.76 bits per heavy atom. The summed E-state index contributed by atoms with van der Waals surface area (Å²) in [5.74, 6) is 1.21.